The summed E-state index contributed by atoms with van der Waals surface area (Å²) in [5.41, 5.74) is 1.65. The Bertz CT molecular complexity index is 275. The molecule has 3 heteroatoms. The summed E-state index contributed by atoms with van der Waals surface area (Å²) >= 11 is 1.57. The van der Waals surface area contributed by atoms with Crippen LogP contribution in [-0.4, -0.2) is 5.91 Å². The summed E-state index contributed by atoms with van der Waals surface area (Å²) < 4.78 is 0. The first-order chi connectivity index (χ1) is 5.63. The first kappa shape index (κ1) is 9.00. The van der Waals surface area contributed by atoms with Crippen LogP contribution in [0.15, 0.2) is 29.1 Å². The van der Waals surface area contributed by atoms with Crippen LogP contribution in [0.5, 0.6) is 0 Å². The fourth-order valence-corrected chi connectivity index (χ4v) is 1.68. The normalized spacial score (nSPS) is 9.50. The van der Waals surface area contributed by atoms with Crippen molar-refractivity contribution < 1.29 is 4.79 Å². The molecule has 0 unspecified atom stereocenters. The third-order valence-electron chi connectivity index (χ3n) is 1.46. The number of amides is 1. The molecule has 0 N–H and O–H groups in total. The molecule has 64 valence electrons. The lowest BCUT2D eigenvalue weighted by Gasteiger charge is -2.18. The molecule has 1 aromatic heterocycles. The van der Waals surface area contributed by atoms with E-state index in [4.69, 9.17) is 0 Å². The highest BCUT2D eigenvalue weighted by Crippen LogP contribution is 2.21. The fourth-order valence-electron chi connectivity index (χ4n) is 1.06. The standard InChI is InChI=1S/C9H11NOS/c1-7(2)10(8(3)11)9-4-5-12-6-9/h4-6H,1H2,2-3H3. The molecule has 0 spiro atoms. The minimum absolute atomic E-state index is 0.000833. The molecule has 0 radical (unpaired) electrons. The van der Waals surface area contributed by atoms with Crippen molar-refractivity contribution in [2.45, 2.75) is 13.8 Å². The zero-order chi connectivity index (χ0) is 9.14. The van der Waals surface area contributed by atoms with E-state index in [9.17, 15) is 4.79 Å². The van der Waals surface area contributed by atoms with Crippen LogP contribution in [0, 0.1) is 0 Å². The van der Waals surface area contributed by atoms with E-state index in [-0.39, 0.29) is 5.91 Å². The molecular formula is C9H11NOS. The Kier molecular flexibility index (Phi) is 2.65. The summed E-state index contributed by atoms with van der Waals surface area (Å²) in [5.74, 6) is 0.000833. The van der Waals surface area contributed by atoms with Crippen molar-refractivity contribution in [3.05, 3.63) is 29.1 Å². The molecule has 2 nitrogen and oxygen atoms in total. The van der Waals surface area contributed by atoms with E-state index in [1.54, 1.807) is 16.2 Å². The molecule has 12 heavy (non-hydrogen) atoms. The maximum Gasteiger partial charge on any atom is 0.228 e. The van der Waals surface area contributed by atoms with Gasteiger partial charge >= 0.3 is 0 Å². The molecule has 1 aromatic rings. The number of hydrogen-bond donors (Lipinski definition) is 0. The van der Waals surface area contributed by atoms with E-state index in [1.165, 1.54) is 6.92 Å². The average molecular weight is 181 g/mol. The topological polar surface area (TPSA) is 20.3 Å². The maximum absolute atomic E-state index is 11.2. The van der Waals surface area contributed by atoms with Crippen molar-refractivity contribution >= 4 is 22.9 Å². The molecule has 0 aromatic carbocycles. The second kappa shape index (κ2) is 3.54. The van der Waals surface area contributed by atoms with Crippen LogP contribution in [0.25, 0.3) is 0 Å². The third-order valence-corrected chi connectivity index (χ3v) is 2.13. The van der Waals surface area contributed by atoms with E-state index in [1.807, 2.05) is 23.8 Å². The van der Waals surface area contributed by atoms with Crippen LogP contribution < -0.4 is 4.90 Å². The lowest BCUT2D eigenvalue weighted by molar-refractivity contribution is -0.116. The monoisotopic (exact) mass is 181 g/mol. The predicted octanol–water partition coefficient (Wildman–Crippen LogP) is 2.63. The van der Waals surface area contributed by atoms with Crippen LogP contribution in [0.1, 0.15) is 13.8 Å². The maximum atomic E-state index is 11.2. The molecule has 0 fully saturated rings. The van der Waals surface area contributed by atoms with Crippen LogP contribution in [0.4, 0.5) is 5.69 Å². The summed E-state index contributed by atoms with van der Waals surface area (Å²) in [7, 11) is 0. The Morgan fingerprint density at radius 2 is 2.25 bits per heavy atom. The second-order valence-electron chi connectivity index (χ2n) is 2.57. The van der Waals surface area contributed by atoms with E-state index in [0.717, 1.165) is 11.4 Å². The van der Waals surface area contributed by atoms with Gasteiger partial charge in [-0.1, -0.05) is 6.58 Å². The van der Waals surface area contributed by atoms with Crippen molar-refractivity contribution in [2.75, 3.05) is 4.90 Å². The van der Waals surface area contributed by atoms with Crippen LogP contribution in [0.3, 0.4) is 0 Å². The Balaban J connectivity index is 2.96. The molecule has 1 amide bonds. The van der Waals surface area contributed by atoms with Crippen molar-refractivity contribution in [2.24, 2.45) is 0 Å². The fraction of sp³-hybridized carbons (Fsp3) is 0.222. The first-order valence-corrected chi connectivity index (χ1v) is 4.55. The van der Waals surface area contributed by atoms with Crippen LogP contribution in [-0.2, 0) is 4.79 Å². The smallest absolute Gasteiger partial charge is 0.228 e. The quantitative estimate of drug-likeness (QED) is 0.686. The van der Waals surface area contributed by atoms with Gasteiger partial charge in [0.05, 0.1) is 5.69 Å². The summed E-state index contributed by atoms with van der Waals surface area (Å²) in [6.07, 6.45) is 0. The molecule has 1 rings (SSSR count). The van der Waals surface area contributed by atoms with Gasteiger partial charge in [-0.25, -0.2) is 0 Å². The van der Waals surface area contributed by atoms with Crippen molar-refractivity contribution in [1.82, 2.24) is 0 Å². The number of hydrogen-bond acceptors (Lipinski definition) is 2. The van der Waals surface area contributed by atoms with Gasteiger partial charge < -0.3 is 0 Å². The Labute approximate surface area is 76.1 Å². The van der Waals surface area contributed by atoms with Gasteiger partial charge in [0.15, 0.2) is 0 Å². The lowest BCUT2D eigenvalue weighted by atomic mass is 10.3. The van der Waals surface area contributed by atoms with Gasteiger partial charge in [0.2, 0.25) is 5.91 Å². The number of nitrogens with zero attached hydrogens (tertiary/aromatic N) is 1. The van der Waals surface area contributed by atoms with Crippen molar-refractivity contribution in [3.8, 4) is 0 Å². The number of rotatable bonds is 2. The molecule has 0 atom stereocenters. The molecule has 0 saturated carbocycles. The summed E-state index contributed by atoms with van der Waals surface area (Å²) in [4.78, 5) is 12.7. The van der Waals surface area contributed by atoms with Crippen LogP contribution in [0.2, 0.25) is 0 Å². The number of anilines is 1. The second-order valence-corrected chi connectivity index (χ2v) is 3.35. The molecule has 0 saturated heterocycles. The highest BCUT2D eigenvalue weighted by molar-refractivity contribution is 7.08. The van der Waals surface area contributed by atoms with Gasteiger partial charge in [0.25, 0.3) is 0 Å². The molecule has 0 aliphatic rings. The van der Waals surface area contributed by atoms with E-state index in [0.29, 0.717) is 0 Å². The van der Waals surface area contributed by atoms with Crippen molar-refractivity contribution in [1.29, 1.82) is 0 Å². The zero-order valence-electron chi connectivity index (χ0n) is 7.20. The molecular weight excluding hydrogens is 170 g/mol. The van der Waals surface area contributed by atoms with Gasteiger partial charge in [-0.2, -0.15) is 11.3 Å². The largest absolute Gasteiger partial charge is 0.285 e. The third kappa shape index (κ3) is 1.74. The van der Waals surface area contributed by atoms with Gasteiger partial charge in [0.1, 0.15) is 0 Å². The van der Waals surface area contributed by atoms with Crippen molar-refractivity contribution in [3.63, 3.8) is 0 Å². The molecule has 1 heterocycles. The Hall–Kier alpha value is -1.09. The minimum atomic E-state index is 0.000833. The number of thiophene rings is 1. The molecule has 0 aliphatic carbocycles. The van der Waals surface area contributed by atoms with Gasteiger partial charge in [-0.05, 0) is 18.4 Å². The number of carbonyl (C=O) groups excluding carboxylic acids is 1. The van der Waals surface area contributed by atoms with E-state index in [2.05, 4.69) is 6.58 Å². The minimum Gasteiger partial charge on any atom is -0.285 e. The molecule has 0 aliphatic heterocycles. The van der Waals surface area contributed by atoms with E-state index >= 15 is 0 Å². The van der Waals surface area contributed by atoms with E-state index < -0.39 is 0 Å². The Morgan fingerprint density at radius 3 is 2.58 bits per heavy atom. The zero-order valence-corrected chi connectivity index (χ0v) is 8.02. The SMILES string of the molecule is C=C(C)N(C(C)=O)c1ccsc1. The lowest BCUT2D eigenvalue weighted by Crippen LogP contribution is -2.25. The highest BCUT2D eigenvalue weighted by atomic mass is 32.1. The average Bonchev–Trinajstić information content (AvgIpc) is 2.37. The summed E-state index contributed by atoms with van der Waals surface area (Å²) in [6, 6.07) is 1.90. The predicted molar refractivity (Wildman–Crippen MR) is 52.3 cm³/mol. The summed E-state index contributed by atoms with van der Waals surface area (Å²) in [5, 5.41) is 3.87. The van der Waals surface area contributed by atoms with Gasteiger partial charge in [-0.15, -0.1) is 0 Å². The van der Waals surface area contributed by atoms with Crippen LogP contribution >= 0.6 is 11.3 Å². The summed E-state index contributed by atoms with van der Waals surface area (Å²) in [6.45, 7) is 7.09. The number of carbonyl (C=O) groups is 1. The molecule has 0 bridgehead atoms. The van der Waals surface area contributed by atoms with Gasteiger partial charge in [-0.3, -0.25) is 9.69 Å². The highest BCUT2D eigenvalue weighted by Gasteiger charge is 2.11. The Morgan fingerprint density at radius 1 is 1.58 bits per heavy atom. The number of allylic oxidation sites excluding steroid dienone is 1. The van der Waals surface area contributed by atoms with Gasteiger partial charge in [0, 0.05) is 18.0 Å². The first-order valence-electron chi connectivity index (χ1n) is 3.61.